The van der Waals surface area contributed by atoms with Gasteiger partial charge in [0.15, 0.2) is 0 Å². The van der Waals surface area contributed by atoms with Gasteiger partial charge in [-0.25, -0.2) is 0 Å². The molecule has 1 N–H and O–H groups in total. The van der Waals surface area contributed by atoms with E-state index in [9.17, 15) is 4.79 Å². The molecule has 0 bridgehead atoms. The van der Waals surface area contributed by atoms with Crippen molar-refractivity contribution in [1.82, 2.24) is 5.32 Å². The number of carbonyl (C=O) groups is 1. The maximum Gasteiger partial charge on any atom is 0.246 e. The van der Waals surface area contributed by atoms with E-state index in [1.54, 1.807) is 0 Å². The fraction of sp³-hybridized carbons (Fsp3) is 0.909. The summed E-state index contributed by atoms with van der Waals surface area (Å²) in [5, 5.41) is 2.82. The van der Waals surface area contributed by atoms with Crippen molar-refractivity contribution in [3.8, 4) is 0 Å². The molecular weight excluding hydrogens is 194 g/mol. The molecule has 1 saturated heterocycles. The maximum absolute atomic E-state index is 11.2. The minimum atomic E-state index is -0.0401. The Labute approximate surface area is 91.3 Å². The first-order valence-corrected chi connectivity index (χ1v) is 5.68. The van der Waals surface area contributed by atoms with Gasteiger partial charge >= 0.3 is 0 Å². The van der Waals surface area contributed by atoms with Crippen LogP contribution in [0.5, 0.6) is 0 Å². The lowest BCUT2D eigenvalue weighted by atomic mass is 10.2. The Kier molecular flexibility index (Phi) is 5.65. The minimum absolute atomic E-state index is 0.0401. The minimum Gasteiger partial charge on any atom is -0.378 e. The summed E-state index contributed by atoms with van der Waals surface area (Å²) in [6.45, 7) is 5.54. The highest BCUT2D eigenvalue weighted by molar-refractivity contribution is 5.77. The topological polar surface area (TPSA) is 47.6 Å². The van der Waals surface area contributed by atoms with Gasteiger partial charge in [0.2, 0.25) is 5.91 Å². The van der Waals surface area contributed by atoms with E-state index in [0.29, 0.717) is 12.6 Å². The Hall–Kier alpha value is -0.610. The summed E-state index contributed by atoms with van der Waals surface area (Å²) in [5.41, 5.74) is 0. The highest BCUT2D eigenvalue weighted by Gasteiger charge is 2.15. The Morgan fingerprint density at radius 3 is 3.00 bits per heavy atom. The lowest BCUT2D eigenvalue weighted by molar-refractivity contribution is -0.127. The van der Waals surface area contributed by atoms with Crippen molar-refractivity contribution in [3.05, 3.63) is 0 Å². The van der Waals surface area contributed by atoms with Crippen molar-refractivity contribution < 1.29 is 14.3 Å². The fourth-order valence-electron chi connectivity index (χ4n) is 1.54. The highest BCUT2D eigenvalue weighted by Crippen LogP contribution is 2.14. The van der Waals surface area contributed by atoms with E-state index in [1.807, 2.05) is 13.8 Å². The van der Waals surface area contributed by atoms with E-state index in [2.05, 4.69) is 5.32 Å². The van der Waals surface area contributed by atoms with E-state index in [0.717, 1.165) is 25.9 Å². The molecule has 0 aromatic heterocycles. The van der Waals surface area contributed by atoms with Crippen molar-refractivity contribution in [3.63, 3.8) is 0 Å². The molecular formula is C11H21NO3. The van der Waals surface area contributed by atoms with Crippen LogP contribution in [0, 0.1) is 0 Å². The van der Waals surface area contributed by atoms with Gasteiger partial charge in [-0.3, -0.25) is 4.79 Å². The third-order valence-electron chi connectivity index (χ3n) is 2.36. The van der Waals surface area contributed by atoms with Gasteiger partial charge in [0, 0.05) is 13.2 Å². The highest BCUT2D eigenvalue weighted by atomic mass is 16.5. The number of ether oxygens (including phenoxy) is 2. The van der Waals surface area contributed by atoms with Gasteiger partial charge in [0.05, 0.1) is 12.2 Å². The molecule has 4 heteroatoms. The summed E-state index contributed by atoms with van der Waals surface area (Å²) in [4.78, 5) is 11.2. The molecule has 88 valence electrons. The van der Waals surface area contributed by atoms with Gasteiger partial charge in [-0.05, 0) is 33.1 Å². The number of rotatable bonds is 6. The normalized spacial score (nSPS) is 20.9. The first-order chi connectivity index (χ1) is 7.18. The van der Waals surface area contributed by atoms with E-state index in [1.165, 1.54) is 0 Å². The van der Waals surface area contributed by atoms with Crippen molar-refractivity contribution in [2.24, 2.45) is 0 Å². The Morgan fingerprint density at radius 1 is 1.60 bits per heavy atom. The van der Waals surface area contributed by atoms with Crippen LogP contribution in [0.1, 0.15) is 33.1 Å². The molecule has 0 spiro atoms. The van der Waals surface area contributed by atoms with Gasteiger partial charge in [0.1, 0.15) is 6.61 Å². The predicted molar refractivity (Wildman–Crippen MR) is 57.7 cm³/mol. The SMILES string of the molecule is CC(C)OCC(=O)NCCC1CCCO1. The van der Waals surface area contributed by atoms with Crippen LogP contribution in [0.3, 0.4) is 0 Å². The third kappa shape index (κ3) is 5.74. The van der Waals surface area contributed by atoms with Crippen LogP contribution < -0.4 is 5.32 Å². The van der Waals surface area contributed by atoms with Crippen LogP contribution in [-0.4, -0.2) is 37.9 Å². The average Bonchev–Trinajstić information content (AvgIpc) is 2.67. The van der Waals surface area contributed by atoms with Crippen LogP contribution in [-0.2, 0) is 14.3 Å². The molecule has 1 aliphatic rings. The molecule has 0 aliphatic carbocycles. The lowest BCUT2D eigenvalue weighted by Crippen LogP contribution is -2.31. The first-order valence-electron chi connectivity index (χ1n) is 5.68. The number of amides is 1. The van der Waals surface area contributed by atoms with Crippen molar-refractivity contribution in [1.29, 1.82) is 0 Å². The predicted octanol–water partition coefficient (Wildman–Crippen LogP) is 1.10. The largest absolute Gasteiger partial charge is 0.378 e. The quantitative estimate of drug-likeness (QED) is 0.721. The van der Waals surface area contributed by atoms with E-state index in [-0.39, 0.29) is 18.6 Å². The summed E-state index contributed by atoms with van der Waals surface area (Å²) in [5.74, 6) is -0.0401. The van der Waals surface area contributed by atoms with Crippen molar-refractivity contribution in [2.45, 2.75) is 45.3 Å². The van der Waals surface area contributed by atoms with Gasteiger partial charge in [0.25, 0.3) is 0 Å². The molecule has 4 nitrogen and oxygen atoms in total. The van der Waals surface area contributed by atoms with E-state index < -0.39 is 0 Å². The zero-order valence-corrected chi connectivity index (χ0v) is 9.62. The molecule has 1 unspecified atom stereocenters. The molecule has 1 rings (SSSR count). The maximum atomic E-state index is 11.2. The molecule has 15 heavy (non-hydrogen) atoms. The molecule has 0 aromatic carbocycles. The molecule has 1 heterocycles. The second-order valence-corrected chi connectivity index (χ2v) is 4.13. The Morgan fingerprint density at radius 2 is 2.40 bits per heavy atom. The summed E-state index contributed by atoms with van der Waals surface area (Å²) < 4.78 is 10.6. The second-order valence-electron chi connectivity index (χ2n) is 4.13. The van der Waals surface area contributed by atoms with Crippen molar-refractivity contribution >= 4 is 5.91 Å². The first kappa shape index (κ1) is 12.5. The van der Waals surface area contributed by atoms with Gasteiger partial charge < -0.3 is 14.8 Å². The number of nitrogens with one attached hydrogen (secondary N) is 1. The molecule has 1 aliphatic heterocycles. The molecule has 1 atom stereocenters. The molecule has 1 amide bonds. The molecule has 0 saturated carbocycles. The van der Waals surface area contributed by atoms with Gasteiger partial charge in [-0.1, -0.05) is 0 Å². The standard InChI is InChI=1S/C11H21NO3/c1-9(2)15-8-11(13)12-6-5-10-4-3-7-14-10/h9-10H,3-8H2,1-2H3,(H,12,13). The van der Waals surface area contributed by atoms with Crippen LogP contribution >= 0.6 is 0 Å². The number of carbonyl (C=O) groups excluding carboxylic acids is 1. The molecule has 1 fully saturated rings. The number of hydrogen-bond acceptors (Lipinski definition) is 3. The average molecular weight is 215 g/mol. The van der Waals surface area contributed by atoms with Gasteiger partial charge in [-0.15, -0.1) is 0 Å². The van der Waals surface area contributed by atoms with Crippen LogP contribution in [0.2, 0.25) is 0 Å². The van der Waals surface area contributed by atoms with E-state index in [4.69, 9.17) is 9.47 Å². The van der Waals surface area contributed by atoms with Crippen LogP contribution in [0.15, 0.2) is 0 Å². The summed E-state index contributed by atoms with van der Waals surface area (Å²) in [7, 11) is 0. The fourth-order valence-corrected chi connectivity index (χ4v) is 1.54. The summed E-state index contributed by atoms with van der Waals surface area (Å²) >= 11 is 0. The smallest absolute Gasteiger partial charge is 0.246 e. The summed E-state index contributed by atoms with van der Waals surface area (Å²) in [6.07, 6.45) is 3.63. The van der Waals surface area contributed by atoms with Gasteiger partial charge in [-0.2, -0.15) is 0 Å². The summed E-state index contributed by atoms with van der Waals surface area (Å²) in [6, 6.07) is 0. The monoisotopic (exact) mass is 215 g/mol. The Bertz CT molecular complexity index is 188. The number of hydrogen-bond donors (Lipinski definition) is 1. The van der Waals surface area contributed by atoms with Crippen molar-refractivity contribution in [2.75, 3.05) is 19.8 Å². The zero-order chi connectivity index (χ0) is 11.1. The van der Waals surface area contributed by atoms with E-state index >= 15 is 0 Å². The third-order valence-corrected chi connectivity index (χ3v) is 2.36. The van der Waals surface area contributed by atoms with Crippen LogP contribution in [0.4, 0.5) is 0 Å². The molecule has 0 radical (unpaired) electrons. The Balaban J connectivity index is 1.96. The second kappa shape index (κ2) is 6.80. The zero-order valence-electron chi connectivity index (χ0n) is 9.62. The molecule has 0 aromatic rings. The lowest BCUT2D eigenvalue weighted by Gasteiger charge is -2.11. The van der Waals surface area contributed by atoms with Crippen LogP contribution in [0.25, 0.3) is 0 Å².